The van der Waals surface area contributed by atoms with Crippen LogP contribution in [0.15, 0.2) is 42.5 Å². The first kappa shape index (κ1) is 19.9. The van der Waals surface area contributed by atoms with Crippen LogP contribution in [0.2, 0.25) is 0 Å². The highest BCUT2D eigenvalue weighted by molar-refractivity contribution is 5.78. The van der Waals surface area contributed by atoms with E-state index in [9.17, 15) is 4.79 Å². The van der Waals surface area contributed by atoms with Crippen molar-refractivity contribution >= 4 is 5.78 Å². The van der Waals surface area contributed by atoms with Crippen LogP contribution < -0.4 is 0 Å². The lowest BCUT2D eigenvalue weighted by Crippen LogP contribution is -2.23. The first-order valence-corrected chi connectivity index (χ1v) is 10.1. The van der Waals surface area contributed by atoms with Crippen LogP contribution in [0.4, 0.5) is 0 Å². The Labute approximate surface area is 153 Å². The highest BCUT2D eigenvalue weighted by Gasteiger charge is 2.23. The summed E-state index contributed by atoms with van der Waals surface area (Å²) in [5.74, 6) is 1.22. The maximum absolute atomic E-state index is 12.3. The van der Waals surface area contributed by atoms with Gasteiger partial charge in [0.25, 0.3) is 0 Å². The number of benzene rings is 1. The Morgan fingerprint density at radius 2 is 1.96 bits per heavy atom. The van der Waals surface area contributed by atoms with Crippen LogP contribution in [0.5, 0.6) is 0 Å². The van der Waals surface area contributed by atoms with Gasteiger partial charge in [-0.25, -0.2) is 0 Å². The van der Waals surface area contributed by atoms with E-state index in [0.717, 1.165) is 25.7 Å². The first-order valence-electron chi connectivity index (χ1n) is 10.1. The van der Waals surface area contributed by atoms with E-state index in [2.05, 4.69) is 31.2 Å². The van der Waals surface area contributed by atoms with Crippen molar-refractivity contribution in [3.8, 4) is 0 Å². The smallest absolute Gasteiger partial charge is 0.133 e. The molecule has 25 heavy (non-hydrogen) atoms. The summed E-state index contributed by atoms with van der Waals surface area (Å²) in [6.45, 7) is 3.56. The second kappa shape index (κ2) is 12.0. The van der Waals surface area contributed by atoms with Crippen LogP contribution >= 0.6 is 0 Å². The van der Waals surface area contributed by atoms with Gasteiger partial charge < -0.3 is 4.74 Å². The number of allylic oxidation sites excluding steroid dienone is 2. The molecule has 0 saturated carbocycles. The molecule has 0 saturated heterocycles. The number of carbonyl (C=O) groups excluding carboxylic acids is 1. The van der Waals surface area contributed by atoms with Crippen molar-refractivity contribution in [3.63, 3.8) is 0 Å². The van der Waals surface area contributed by atoms with Crippen molar-refractivity contribution in [2.75, 3.05) is 6.61 Å². The standard InChI is InChI=1S/C23H34O2/c1-2-3-7-14-21-15-10-4-5-11-16-23(24)17-22(21)19-25-18-20-12-8-6-9-13-20/h6,8-10,12-13,15,21-22H,2-5,7,11,14,16-19H2,1H3/b15-10+/t21-,22+/m0/s1. The minimum atomic E-state index is 0.322. The molecule has 138 valence electrons. The molecule has 1 aliphatic carbocycles. The van der Waals surface area contributed by atoms with E-state index in [1.54, 1.807) is 0 Å². The van der Waals surface area contributed by atoms with Crippen LogP contribution in [0, 0.1) is 11.8 Å². The maximum atomic E-state index is 12.3. The summed E-state index contributed by atoms with van der Waals surface area (Å²) in [5.41, 5.74) is 1.20. The molecule has 1 aromatic carbocycles. The number of ketones is 1. The zero-order valence-corrected chi connectivity index (χ0v) is 15.8. The summed E-state index contributed by atoms with van der Waals surface area (Å²) >= 11 is 0. The molecule has 0 amide bonds. The predicted molar refractivity (Wildman–Crippen MR) is 104 cm³/mol. The lowest BCUT2D eigenvalue weighted by molar-refractivity contribution is -0.121. The van der Waals surface area contributed by atoms with E-state index in [4.69, 9.17) is 4.74 Å². The van der Waals surface area contributed by atoms with Crippen molar-refractivity contribution < 1.29 is 9.53 Å². The topological polar surface area (TPSA) is 26.3 Å². The summed E-state index contributed by atoms with van der Waals surface area (Å²) in [6.07, 6.45) is 14.4. The van der Waals surface area contributed by atoms with E-state index in [0.29, 0.717) is 37.3 Å². The molecule has 2 nitrogen and oxygen atoms in total. The SMILES string of the molecule is CCCCC[C@H]1/C=C/CCCCC(=O)C[C@@H]1COCc1ccccc1. The summed E-state index contributed by atoms with van der Waals surface area (Å²) in [5, 5.41) is 0. The van der Waals surface area contributed by atoms with Gasteiger partial charge in [-0.15, -0.1) is 0 Å². The van der Waals surface area contributed by atoms with E-state index in [-0.39, 0.29) is 0 Å². The molecule has 0 bridgehead atoms. The highest BCUT2D eigenvalue weighted by Crippen LogP contribution is 2.27. The molecular formula is C23H34O2. The zero-order valence-electron chi connectivity index (χ0n) is 15.8. The molecule has 0 aliphatic heterocycles. The zero-order chi connectivity index (χ0) is 17.7. The molecule has 1 aromatic rings. The van der Waals surface area contributed by atoms with Gasteiger partial charge in [-0.1, -0.05) is 68.7 Å². The monoisotopic (exact) mass is 342 g/mol. The Balaban J connectivity index is 1.96. The molecule has 0 fully saturated rings. The third-order valence-corrected chi connectivity index (χ3v) is 5.14. The third-order valence-electron chi connectivity index (χ3n) is 5.14. The van der Waals surface area contributed by atoms with Crippen molar-refractivity contribution in [2.24, 2.45) is 11.8 Å². The first-order chi connectivity index (χ1) is 12.3. The molecule has 0 heterocycles. The Bertz CT molecular complexity index is 506. The quantitative estimate of drug-likeness (QED) is 0.421. The number of rotatable bonds is 8. The van der Waals surface area contributed by atoms with E-state index in [1.807, 2.05) is 18.2 Å². The summed E-state index contributed by atoms with van der Waals surface area (Å²) < 4.78 is 6.03. The van der Waals surface area contributed by atoms with Crippen LogP contribution in [0.3, 0.4) is 0 Å². The van der Waals surface area contributed by atoms with E-state index in [1.165, 1.54) is 31.2 Å². The van der Waals surface area contributed by atoms with Crippen LogP contribution in [-0.4, -0.2) is 12.4 Å². The Kier molecular flexibility index (Phi) is 9.58. The Morgan fingerprint density at radius 3 is 2.76 bits per heavy atom. The van der Waals surface area contributed by atoms with Gasteiger partial charge in [0.15, 0.2) is 0 Å². The Hall–Kier alpha value is -1.41. The fraction of sp³-hybridized carbons (Fsp3) is 0.609. The molecule has 0 aromatic heterocycles. The van der Waals surface area contributed by atoms with Crippen LogP contribution in [0.25, 0.3) is 0 Å². The fourth-order valence-electron chi connectivity index (χ4n) is 3.61. The van der Waals surface area contributed by atoms with Crippen LogP contribution in [-0.2, 0) is 16.1 Å². The predicted octanol–water partition coefficient (Wildman–Crippen LogP) is 6.11. The molecule has 2 rings (SSSR count). The van der Waals surface area contributed by atoms with Gasteiger partial charge >= 0.3 is 0 Å². The molecule has 2 atom stereocenters. The molecule has 0 spiro atoms. The fourth-order valence-corrected chi connectivity index (χ4v) is 3.61. The average Bonchev–Trinajstić information content (AvgIpc) is 2.63. The second-order valence-electron chi connectivity index (χ2n) is 7.34. The molecule has 2 heteroatoms. The molecule has 0 N–H and O–H groups in total. The summed E-state index contributed by atoms with van der Waals surface area (Å²) in [4.78, 5) is 12.3. The average molecular weight is 343 g/mol. The van der Waals surface area contributed by atoms with E-state index < -0.39 is 0 Å². The van der Waals surface area contributed by atoms with Crippen LogP contribution in [0.1, 0.15) is 70.3 Å². The van der Waals surface area contributed by atoms with Gasteiger partial charge in [0, 0.05) is 12.8 Å². The molecule has 0 radical (unpaired) electrons. The minimum absolute atomic E-state index is 0.322. The van der Waals surface area contributed by atoms with Gasteiger partial charge in [0.1, 0.15) is 5.78 Å². The minimum Gasteiger partial charge on any atom is -0.376 e. The summed E-state index contributed by atoms with van der Waals surface area (Å²) in [7, 11) is 0. The van der Waals surface area contributed by atoms with Crippen molar-refractivity contribution in [3.05, 3.63) is 48.0 Å². The van der Waals surface area contributed by atoms with Crippen molar-refractivity contribution in [1.82, 2.24) is 0 Å². The highest BCUT2D eigenvalue weighted by atomic mass is 16.5. The normalized spacial score (nSPS) is 23.3. The molecule has 1 aliphatic rings. The largest absolute Gasteiger partial charge is 0.376 e. The summed E-state index contributed by atoms with van der Waals surface area (Å²) in [6, 6.07) is 10.3. The second-order valence-corrected chi connectivity index (χ2v) is 7.34. The van der Waals surface area contributed by atoms with Crippen molar-refractivity contribution in [1.29, 1.82) is 0 Å². The third kappa shape index (κ3) is 8.00. The van der Waals surface area contributed by atoms with Gasteiger partial charge in [-0.05, 0) is 43.1 Å². The number of hydrogen-bond donors (Lipinski definition) is 0. The maximum Gasteiger partial charge on any atom is 0.133 e. The number of hydrogen-bond acceptors (Lipinski definition) is 2. The number of unbranched alkanes of at least 4 members (excludes halogenated alkanes) is 2. The number of ether oxygens (including phenoxy) is 1. The molecular weight excluding hydrogens is 308 g/mol. The van der Waals surface area contributed by atoms with Gasteiger partial charge in [0.05, 0.1) is 13.2 Å². The van der Waals surface area contributed by atoms with Gasteiger partial charge in [0.2, 0.25) is 0 Å². The van der Waals surface area contributed by atoms with E-state index >= 15 is 0 Å². The lowest BCUT2D eigenvalue weighted by atomic mass is 9.83. The Morgan fingerprint density at radius 1 is 1.12 bits per heavy atom. The number of carbonyl (C=O) groups is 1. The van der Waals surface area contributed by atoms with Crippen molar-refractivity contribution in [2.45, 2.75) is 71.3 Å². The van der Waals surface area contributed by atoms with Gasteiger partial charge in [-0.2, -0.15) is 0 Å². The number of Topliss-reactive ketones (excluding diaryl/α,β-unsaturated/α-hetero) is 1. The molecule has 0 unspecified atom stereocenters. The lowest BCUT2D eigenvalue weighted by Gasteiger charge is -2.25. The van der Waals surface area contributed by atoms with Gasteiger partial charge in [-0.3, -0.25) is 4.79 Å².